The largest absolute Gasteiger partial charge is 0.307 e. The maximum atomic E-state index is 3.69. The van der Waals surface area contributed by atoms with Crippen LogP contribution < -0.4 is 5.32 Å². The average molecular weight is 239 g/mol. The summed E-state index contributed by atoms with van der Waals surface area (Å²) >= 11 is 1.94. The van der Waals surface area contributed by atoms with Gasteiger partial charge in [-0.2, -0.15) is 0 Å². The van der Waals surface area contributed by atoms with Gasteiger partial charge in [0, 0.05) is 21.8 Å². The Balaban J connectivity index is 2.54. The van der Waals surface area contributed by atoms with Crippen LogP contribution in [0.5, 0.6) is 0 Å². The summed E-state index contributed by atoms with van der Waals surface area (Å²) in [5, 5.41) is 3.69. The number of hydrogen-bond donors (Lipinski definition) is 1. The molecule has 1 aromatic heterocycles. The third-order valence-electron chi connectivity index (χ3n) is 3.47. The van der Waals surface area contributed by atoms with Crippen LogP contribution in [-0.4, -0.2) is 6.04 Å². The Morgan fingerprint density at radius 3 is 2.38 bits per heavy atom. The Kier molecular flexibility index (Phi) is 5.50. The molecule has 0 aromatic carbocycles. The number of hydrogen-bond acceptors (Lipinski definition) is 2. The van der Waals surface area contributed by atoms with Crippen molar-refractivity contribution in [3.05, 3.63) is 21.9 Å². The zero-order valence-corrected chi connectivity index (χ0v) is 12.0. The highest BCUT2D eigenvalue weighted by molar-refractivity contribution is 7.12. The van der Waals surface area contributed by atoms with Crippen LogP contribution in [0, 0.1) is 5.92 Å². The van der Waals surface area contributed by atoms with Crippen LogP contribution in [0.15, 0.2) is 12.1 Å². The first-order valence-corrected chi connectivity index (χ1v) is 7.24. The Morgan fingerprint density at radius 1 is 1.19 bits per heavy atom. The van der Waals surface area contributed by atoms with Crippen LogP contribution in [0.2, 0.25) is 0 Å². The monoisotopic (exact) mass is 239 g/mol. The van der Waals surface area contributed by atoms with Crippen molar-refractivity contribution in [2.24, 2.45) is 5.92 Å². The molecular weight excluding hydrogens is 214 g/mol. The van der Waals surface area contributed by atoms with Crippen LogP contribution in [-0.2, 0) is 6.42 Å². The van der Waals surface area contributed by atoms with Gasteiger partial charge in [0.1, 0.15) is 0 Å². The highest BCUT2D eigenvalue weighted by atomic mass is 32.1. The molecule has 3 unspecified atom stereocenters. The van der Waals surface area contributed by atoms with E-state index < -0.39 is 0 Å². The summed E-state index contributed by atoms with van der Waals surface area (Å²) in [4.78, 5) is 2.95. The average Bonchev–Trinajstić information content (AvgIpc) is 2.76. The maximum Gasteiger partial charge on any atom is 0.0388 e. The lowest BCUT2D eigenvalue weighted by molar-refractivity contribution is 0.362. The molecule has 0 spiro atoms. The Morgan fingerprint density at radius 2 is 1.88 bits per heavy atom. The second kappa shape index (κ2) is 6.41. The molecule has 1 nitrogen and oxygen atoms in total. The highest BCUT2D eigenvalue weighted by Gasteiger charge is 2.15. The molecule has 1 aromatic rings. The van der Waals surface area contributed by atoms with Gasteiger partial charge in [-0.05, 0) is 38.3 Å². The zero-order chi connectivity index (χ0) is 12.1. The predicted octanol–water partition coefficient (Wildman–Crippen LogP) is 4.40. The van der Waals surface area contributed by atoms with Gasteiger partial charge < -0.3 is 5.32 Å². The van der Waals surface area contributed by atoms with E-state index in [1.54, 1.807) is 0 Å². The minimum absolute atomic E-state index is 0.481. The normalized spacial score (nSPS) is 17.1. The van der Waals surface area contributed by atoms with Crippen molar-refractivity contribution >= 4 is 11.3 Å². The molecule has 0 saturated heterocycles. The molecule has 0 aliphatic heterocycles. The topological polar surface area (TPSA) is 12.0 Å². The molecule has 1 rings (SSSR count). The van der Waals surface area contributed by atoms with Crippen LogP contribution in [0.1, 0.15) is 56.8 Å². The van der Waals surface area contributed by atoms with Crippen molar-refractivity contribution in [2.75, 3.05) is 0 Å². The smallest absolute Gasteiger partial charge is 0.0388 e. The first-order chi connectivity index (χ1) is 7.58. The van der Waals surface area contributed by atoms with Gasteiger partial charge in [-0.3, -0.25) is 0 Å². The quantitative estimate of drug-likeness (QED) is 0.776. The summed E-state index contributed by atoms with van der Waals surface area (Å²) in [6, 6.07) is 5.60. The molecule has 2 heteroatoms. The van der Waals surface area contributed by atoms with E-state index in [1.807, 2.05) is 11.3 Å². The SMILES string of the molecule is CCc1ccc(C(C)NC(C)C(C)CC)s1. The van der Waals surface area contributed by atoms with Gasteiger partial charge in [0.15, 0.2) is 0 Å². The van der Waals surface area contributed by atoms with E-state index in [-0.39, 0.29) is 0 Å². The summed E-state index contributed by atoms with van der Waals surface area (Å²) in [5.74, 6) is 0.744. The van der Waals surface area contributed by atoms with Gasteiger partial charge in [0.2, 0.25) is 0 Å². The van der Waals surface area contributed by atoms with E-state index in [0.717, 1.165) is 12.3 Å². The fraction of sp³-hybridized carbons (Fsp3) is 0.714. The van der Waals surface area contributed by atoms with Crippen LogP contribution >= 0.6 is 11.3 Å². The maximum absolute atomic E-state index is 3.69. The van der Waals surface area contributed by atoms with Crippen molar-refractivity contribution in [2.45, 2.75) is 59.5 Å². The molecule has 1 heterocycles. The standard InChI is InChI=1S/C14H25NS/c1-6-10(3)11(4)15-12(5)14-9-8-13(7-2)16-14/h8-12,15H,6-7H2,1-5H3. The highest BCUT2D eigenvalue weighted by Crippen LogP contribution is 2.24. The third-order valence-corrected chi connectivity index (χ3v) is 4.88. The molecule has 0 fully saturated rings. The minimum atomic E-state index is 0.481. The lowest BCUT2D eigenvalue weighted by Crippen LogP contribution is -2.33. The Bertz CT molecular complexity index is 305. The van der Waals surface area contributed by atoms with Gasteiger partial charge in [-0.15, -0.1) is 11.3 Å². The molecule has 3 atom stereocenters. The predicted molar refractivity (Wildman–Crippen MR) is 74.2 cm³/mol. The molecule has 92 valence electrons. The molecule has 0 bridgehead atoms. The summed E-state index contributed by atoms with van der Waals surface area (Å²) in [5.41, 5.74) is 0. The molecule has 0 aliphatic carbocycles. The minimum Gasteiger partial charge on any atom is -0.307 e. The summed E-state index contributed by atoms with van der Waals surface area (Å²) in [6.45, 7) is 11.3. The Hall–Kier alpha value is -0.340. The van der Waals surface area contributed by atoms with Crippen LogP contribution in [0.4, 0.5) is 0 Å². The first kappa shape index (κ1) is 13.7. The summed E-state index contributed by atoms with van der Waals surface area (Å²) < 4.78 is 0. The van der Waals surface area contributed by atoms with Gasteiger partial charge in [-0.25, -0.2) is 0 Å². The van der Waals surface area contributed by atoms with Gasteiger partial charge >= 0.3 is 0 Å². The first-order valence-electron chi connectivity index (χ1n) is 6.43. The van der Waals surface area contributed by atoms with Crippen molar-refractivity contribution in [3.63, 3.8) is 0 Å². The van der Waals surface area contributed by atoms with E-state index in [2.05, 4.69) is 52.1 Å². The van der Waals surface area contributed by atoms with Crippen LogP contribution in [0.25, 0.3) is 0 Å². The van der Waals surface area contributed by atoms with E-state index >= 15 is 0 Å². The number of rotatable bonds is 6. The molecule has 0 saturated carbocycles. The molecule has 0 amide bonds. The second-order valence-electron chi connectivity index (χ2n) is 4.72. The number of nitrogens with one attached hydrogen (secondary N) is 1. The third kappa shape index (κ3) is 3.60. The lowest BCUT2D eigenvalue weighted by atomic mass is 10.00. The molecule has 1 N–H and O–H groups in total. The fourth-order valence-electron chi connectivity index (χ4n) is 1.81. The van der Waals surface area contributed by atoms with Crippen molar-refractivity contribution < 1.29 is 0 Å². The fourth-order valence-corrected chi connectivity index (χ4v) is 2.78. The van der Waals surface area contributed by atoms with Crippen molar-refractivity contribution in [1.82, 2.24) is 5.32 Å². The van der Waals surface area contributed by atoms with Gasteiger partial charge in [-0.1, -0.05) is 27.2 Å². The van der Waals surface area contributed by atoms with Crippen molar-refractivity contribution in [3.8, 4) is 0 Å². The second-order valence-corrected chi connectivity index (χ2v) is 5.92. The van der Waals surface area contributed by atoms with Crippen LogP contribution in [0.3, 0.4) is 0 Å². The lowest BCUT2D eigenvalue weighted by Gasteiger charge is -2.23. The Labute approximate surface area is 104 Å². The van der Waals surface area contributed by atoms with E-state index in [1.165, 1.54) is 16.2 Å². The van der Waals surface area contributed by atoms with E-state index in [0.29, 0.717) is 12.1 Å². The summed E-state index contributed by atoms with van der Waals surface area (Å²) in [6.07, 6.45) is 2.39. The zero-order valence-electron chi connectivity index (χ0n) is 11.2. The van der Waals surface area contributed by atoms with E-state index in [4.69, 9.17) is 0 Å². The molecule has 16 heavy (non-hydrogen) atoms. The molecule has 0 aliphatic rings. The molecular formula is C14H25NS. The van der Waals surface area contributed by atoms with Crippen molar-refractivity contribution in [1.29, 1.82) is 0 Å². The van der Waals surface area contributed by atoms with Gasteiger partial charge in [0.25, 0.3) is 0 Å². The number of thiophene rings is 1. The summed E-state index contributed by atoms with van der Waals surface area (Å²) in [7, 11) is 0. The van der Waals surface area contributed by atoms with E-state index in [9.17, 15) is 0 Å². The van der Waals surface area contributed by atoms with Gasteiger partial charge in [0.05, 0.1) is 0 Å². The number of aryl methyl sites for hydroxylation is 1. The molecule has 0 radical (unpaired) electrons.